The number of hydrogen-bond donors (Lipinski definition) is 1. The van der Waals surface area contributed by atoms with E-state index in [-0.39, 0.29) is 0 Å². The summed E-state index contributed by atoms with van der Waals surface area (Å²) < 4.78 is 16.5. The van der Waals surface area contributed by atoms with Gasteiger partial charge in [-0.05, 0) is 47.7 Å². The predicted molar refractivity (Wildman–Crippen MR) is 119 cm³/mol. The Bertz CT molecular complexity index is 890. The first-order chi connectivity index (χ1) is 14.7. The number of nitrogens with one attached hydrogen (secondary N) is 1. The summed E-state index contributed by atoms with van der Waals surface area (Å²) in [7, 11) is 5.25. The number of aliphatic imine (C=N–C) groups is 1. The molecule has 0 saturated carbocycles. The topological polar surface area (TPSA) is 55.3 Å². The highest BCUT2D eigenvalue weighted by Gasteiger charge is 2.27. The number of benzene rings is 2. The molecule has 2 aromatic rings. The van der Waals surface area contributed by atoms with Crippen molar-refractivity contribution in [3.8, 4) is 17.2 Å². The fourth-order valence-corrected chi connectivity index (χ4v) is 4.34. The number of nitrogens with zero attached hydrogens (tertiary/aromatic N) is 2. The quantitative estimate of drug-likeness (QED) is 0.586. The lowest BCUT2D eigenvalue weighted by Crippen LogP contribution is -2.40. The van der Waals surface area contributed by atoms with Crippen LogP contribution in [0.1, 0.15) is 29.0 Å². The van der Waals surface area contributed by atoms with Gasteiger partial charge >= 0.3 is 0 Å². The normalized spacial score (nSPS) is 18.2. The van der Waals surface area contributed by atoms with Crippen LogP contribution in [0.5, 0.6) is 17.2 Å². The van der Waals surface area contributed by atoms with E-state index >= 15 is 0 Å². The van der Waals surface area contributed by atoms with Crippen LogP contribution in [0.2, 0.25) is 0 Å². The summed E-state index contributed by atoms with van der Waals surface area (Å²) in [5.74, 6) is 4.12. The molecule has 2 aromatic carbocycles. The maximum absolute atomic E-state index is 5.60. The summed E-state index contributed by atoms with van der Waals surface area (Å²) in [6.45, 7) is 3.59. The SMILES string of the molecule is CN=C(NCCc1ccc2c(c1)CCO2)N1CCC(c2cc(OC)cc(OC)c2)C1. The van der Waals surface area contributed by atoms with E-state index in [0.717, 1.165) is 68.7 Å². The van der Waals surface area contributed by atoms with Crippen molar-refractivity contribution < 1.29 is 14.2 Å². The highest BCUT2D eigenvalue weighted by Crippen LogP contribution is 2.33. The van der Waals surface area contributed by atoms with Crippen LogP contribution < -0.4 is 19.5 Å². The van der Waals surface area contributed by atoms with Crippen molar-refractivity contribution >= 4 is 5.96 Å². The third-order valence-electron chi connectivity index (χ3n) is 6.00. The molecule has 0 amide bonds. The Kier molecular flexibility index (Phi) is 6.31. The molecule has 1 atom stereocenters. The van der Waals surface area contributed by atoms with Gasteiger partial charge in [0.05, 0.1) is 20.8 Å². The van der Waals surface area contributed by atoms with E-state index in [2.05, 4.69) is 45.5 Å². The van der Waals surface area contributed by atoms with Crippen molar-refractivity contribution in [2.24, 2.45) is 4.99 Å². The molecule has 30 heavy (non-hydrogen) atoms. The number of fused-ring (bicyclic) bond motifs is 1. The predicted octanol–water partition coefficient (Wildman–Crippen LogP) is 3.25. The zero-order valence-corrected chi connectivity index (χ0v) is 18.1. The molecule has 1 fully saturated rings. The number of rotatable bonds is 6. The Hall–Kier alpha value is -2.89. The zero-order chi connectivity index (χ0) is 20.9. The van der Waals surface area contributed by atoms with Crippen LogP contribution in [0.25, 0.3) is 0 Å². The van der Waals surface area contributed by atoms with Crippen LogP contribution in [-0.4, -0.2) is 58.4 Å². The maximum Gasteiger partial charge on any atom is 0.193 e. The molecule has 0 bridgehead atoms. The Morgan fingerprint density at radius 3 is 2.70 bits per heavy atom. The van der Waals surface area contributed by atoms with Crippen LogP contribution >= 0.6 is 0 Å². The molecule has 1 saturated heterocycles. The van der Waals surface area contributed by atoms with Crippen molar-refractivity contribution in [1.29, 1.82) is 0 Å². The van der Waals surface area contributed by atoms with Crippen LogP contribution in [0.3, 0.4) is 0 Å². The zero-order valence-electron chi connectivity index (χ0n) is 18.1. The van der Waals surface area contributed by atoms with Gasteiger partial charge in [0.1, 0.15) is 17.2 Å². The van der Waals surface area contributed by atoms with Crippen LogP contribution in [-0.2, 0) is 12.8 Å². The monoisotopic (exact) mass is 409 g/mol. The first-order valence-corrected chi connectivity index (χ1v) is 10.6. The summed E-state index contributed by atoms with van der Waals surface area (Å²) in [5.41, 5.74) is 3.92. The third kappa shape index (κ3) is 4.48. The van der Waals surface area contributed by atoms with Crippen molar-refractivity contribution in [1.82, 2.24) is 10.2 Å². The molecule has 0 aromatic heterocycles. The van der Waals surface area contributed by atoms with Crippen LogP contribution in [0, 0.1) is 0 Å². The molecule has 0 radical (unpaired) electrons. The Morgan fingerprint density at radius 1 is 1.17 bits per heavy atom. The summed E-state index contributed by atoms with van der Waals surface area (Å²) in [4.78, 5) is 6.86. The second-order valence-corrected chi connectivity index (χ2v) is 7.84. The lowest BCUT2D eigenvalue weighted by molar-refractivity contribution is 0.357. The molecule has 6 nitrogen and oxygen atoms in total. The van der Waals surface area contributed by atoms with Gasteiger partial charge in [-0.3, -0.25) is 4.99 Å². The number of guanidine groups is 1. The molecule has 2 heterocycles. The van der Waals surface area contributed by atoms with Crippen LogP contribution in [0.15, 0.2) is 41.4 Å². The molecule has 0 aliphatic carbocycles. The average molecular weight is 410 g/mol. The molecular formula is C24H31N3O3. The molecule has 2 aliphatic rings. The fourth-order valence-electron chi connectivity index (χ4n) is 4.34. The van der Waals surface area contributed by atoms with E-state index in [9.17, 15) is 0 Å². The standard InChI is InChI=1S/C24H31N3O3/c1-25-24(26-9-6-17-4-5-23-18(12-17)8-11-30-23)27-10-7-19(16-27)20-13-21(28-2)15-22(14-20)29-3/h4-5,12-15,19H,6-11,16H2,1-3H3,(H,25,26). The highest BCUT2D eigenvalue weighted by atomic mass is 16.5. The fraction of sp³-hybridized carbons (Fsp3) is 0.458. The molecule has 1 N–H and O–H groups in total. The average Bonchev–Trinajstić information content (AvgIpc) is 3.45. The second-order valence-electron chi connectivity index (χ2n) is 7.84. The third-order valence-corrected chi connectivity index (χ3v) is 6.00. The van der Waals surface area contributed by atoms with Gasteiger partial charge in [0.25, 0.3) is 0 Å². The van der Waals surface area contributed by atoms with Crippen molar-refractivity contribution in [3.05, 3.63) is 53.1 Å². The van der Waals surface area contributed by atoms with Gasteiger partial charge in [-0.25, -0.2) is 0 Å². The smallest absolute Gasteiger partial charge is 0.193 e. The van der Waals surface area contributed by atoms with Crippen molar-refractivity contribution in [2.75, 3.05) is 47.5 Å². The van der Waals surface area contributed by atoms with E-state index in [1.807, 2.05) is 13.1 Å². The maximum atomic E-state index is 5.60. The van der Waals surface area contributed by atoms with Crippen LogP contribution in [0.4, 0.5) is 0 Å². The van der Waals surface area contributed by atoms with E-state index in [1.165, 1.54) is 16.7 Å². The van der Waals surface area contributed by atoms with Gasteiger partial charge in [0.15, 0.2) is 5.96 Å². The number of methoxy groups -OCH3 is 2. The lowest BCUT2D eigenvalue weighted by atomic mass is 9.98. The first kappa shape index (κ1) is 20.4. The number of ether oxygens (including phenoxy) is 3. The molecule has 160 valence electrons. The lowest BCUT2D eigenvalue weighted by Gasteiger charge is -2.22. The largest absolute Gasteiger partial charge is 0.497 e. The molecule has 0 spiro atoms. The van der Waals surface area contributed by atoms with Crippen molar-refractivity contribution in [3.63, 3.8) is 0 Å². The summed E-state index contributed by atoms with van der Waals surface area (Å²) in [5, 5.41) is 3.54. The summed E-state index contributed by atoms with van der Waals surface area (Å²) in [6, 6.07) is 12.7. The highest BCUT2D eigenvalue weighted by molar-refractivity contribution is 5.80. The minimum absolute atomic E-state index is 0.435. The molecule has 4 rings (SSSR count). The summed E-state index contributed by atoms with van der Waals surface area (Å²) in [6.07, 6.45) is 3.07. The minimum Gasteiger partial charge on any atom is -0.497 e. The van der Waals surface area contributed by atoms with Gasteiger partial charge < -0.3 is 24.4 Å². The Morgan fingerprint density at radius 2 is 1.97 bits per heavy atom. The summed E-state index contributed by atoms with van der Waals surface area (Å²) >= 11 is 0. The molecular weight excluding hydrogens is 378 g/mol. The van der Waals surface area contributed by atoms with Gasteiger partial charge in [-0.15, -0.1) is 0 Å². The van der Waals surface area contributed by atoms with Gasteiger partial charge in [0, 0.05) is 45.1 Å². The molecule has 1 unspecified atom stereocenters. The van der Waals surface area contributed by atoms with E-state index in [1.54, 1.807) is 14.2 Å². The van der Waals surface area contributed by atoms with Crippen molar-refractivity contribution in [2.45, 2.75) is 25.2 Å². The van der Waals surface area contributed by atoms with E-state index in [4.69, 9.17) is 14.2 Å². The van der Waals surface area contributed by atoms with E-state index in [0.29, 0.717) is 5.92 Å². The second kappa shape index (κ2) is 9.28. The van der Waals surface area contributed by atoms with Gasteiger partial charge in [-0.1, -0.05) is 12.1 Å². The van der Waals surface area contributed by atoms with Gasteiger partial charge in [-0.2, -0.15) is 0 Å². The molecule has 2 aliphatic heterocycles. The Balaban J connectivity index is 1.33. The number of likely N-dealkylation sites (tertiary alicyclic amines) is 1. The Labute approximate surface area is 178 Å². The van der Waals surface area contributed by atoms with Gasteiger partial charge in [0.2, 0.25) is 0 Å². The number of hydrogen-bond acceptors (Lipinski definition) is 4. The minimum atomic E-state index is 0.435. The molecule has 6 heteroatoms. The van der Waals surface area contributed by atoms with E-state index < -0.39 is 0 Å². The first-order valence-electron chi connectivity index (χ1n) is 10.6.